The Kier molecular flexibility index (Phi) is 7.20. The van der Waals surface area contributed by atoms with Crippen molar-refractivity contribution in [1.82, 2.24) is 0 Å². The van der Waals surface area contributed by atoms with Gasteiger partial charge in [-0.2, -0.15) is 0 Å². The molecule has 0 radical (unpaired) electrons. The molecule has 0 spiro atoms. The van der Waals surface area contributed by atoms with Gasteiger partial charge in [0.15, 0.2) is 0 Å². The van der Waals surface area contributed by atoms with E-state index in [-0.39, 0.29) is 18.3 Å². The van der Waals surface area contributed by atoms with Crippen molar-refractivity contribution in [3.63, 3.8) is 0 Å². The van der Waals surface area contributed by atoms with Gasteiger partial charge in [0.2, 0.25) is 0 Å². The van der Waals surface area contributed by atoms with Crippen molar-refractivity contribution in [2.75, 3.05) is 12.9 Å². The molecule has 0 amide bonds. The van der Waals surface area contributed by atoms with Crippen LogP contribution in [0.15, 0.2) is 41.3 Å². The molecule has 2 aromatic rings. The van der Waals surface area contributed by atoms with Gasteiger partial charge < -0.3 is 14.6 Å². The predicted molar refractivity (Wildman–Crippen MR) is 109 cm³/mol. The van der Waals surface area contributed by atoms with Gasteiger partial charge in [-0.25, -0.2) is 4.39 Å². The van der Waals surface area contributed by atoms with Gasteiger partial charge in [0.1, 0.15) is 17.3 Å². The lowest BCUT2D eigenvalue weighted by Gasteiger charge is -2.18. The fraction of sp³-hybridized carbons (Fsp3) is 0.409. The molecule has 1 N–H and O–H groups in total. The first-order valence-electron chi connectivity index (χ1n) is 9.56. The number of halogens is 1. The molecule has 1 fully saturated rings. The van der Waals surface area contributed by atoms with Crippen molar-refractivity contribution < 1.29 is 23.8 Å². The summed E-state index contributed by atoms with van der Waals surface area (Å²) < 4.78 is 26.1. The van der Waals surface area contributed by atoms with E-state index in [1.54, 1.807) is 13.2 Å². The summed E-state index contributed by atoms with van der Waals surface area (Å²) in [7, 11) is 1.62. The number of rotatable bonds is 9. The molecule has 0 atom stereocenters. The largest absolute Gasteiger partial charge is 0.497 e. The van der Waals surface area contributed by atoms with Crippen LogP contribution < -0.4 is 9.47 Å². The van der Waals surface area contributed by atoms with E-state index in [1.165, 1.54) is 30.7 Å². The van der Waals surface area contributed by atoms with Gasteiger partial charge in [-0.1, -0.05) is 6.07 Å². The highest BCUT2D eigenvalue weighted by molar-refractivity contribution is 7.99. The zero-order valence-electron chi connectivity index (χ0n) is 15.9. The van der Waals surface area contributed by atoms with Gasteiger partial charge in [0.05, 0.1) is 13.2 Å². The first-order chi connectivity index (χ1) is 13.6. The van der Waals surface area contributed by atoms with E-state index >= 15 is 0 Å². The summed E-state index contributed by atoms with van der Waals surface area (Å²) in [6.07, 6.45) is 5.23. The second-order valence-corrected chi connectivity index (χ2v) is 8.01. The van der Waals surface area contributed by atoms with Crippen molar-refractivity contribution in [1.29, 1.82) is 0 Å². The number of aliphatic carboxylic acids is 1. The third-order valence-corrected chi connectivity index (χ3v) is 5.95. The van der Waals surface area contributed by atoms with Crippen LogP contribution >= 0.6 is 11.8 Å². The second-order valence-electron chi connectivity index (χ2n) is 6.88. The molecule has 150 valence electrons. The molecule has 0 heterocycles. The Balaban J connectivity index is 1.78. The summed E-state index contributed by atoms with van der Waals surface area (Å²) in [5, 5.41) is 8.69. The Morgan fingerprint density at radius 1 is 1.21 bits per heavy atom. The molecule has 0 aliphatic heterocycles. The Hall–Kier alpha value is -2.21. The van der Waals surface area contributed by atoms with Crippen LogP contribution in [0.4, 0.5) is 4.39 Å². The van der Waals surface area contributed by atoms with Gasteiger partial charge in [0, 0.05) is 22.9 Å². The van der Waals surface area contributed by atoms with Crippen molar-refractivity contribution >= 4 is 17.7 Å². The fourth-order valence-electron chi connectivity index (χ4n) is 3.34. The monoisotopic (exact) mass is 404 g/mol. The highest BCUT2D eigenvalue weighted by Gasteiger charge is 2.19. The maximum absolute atomic E-state index is 14.6. The minimum atomic E-state index is -0.828. The molecule has 2 aromatic carbocycles. The molecule has 0 aromatic heterocycles. The van der Waals surface area contributed by atoms with Gasteiger partial charge in [-0.15, -0.1) is 11.8 Å². The van der Waals surface area contributed by atoms with Crippen molar-refractivity contribution in [3.05, 3.63) is 42.2 Å². The molecule has 1 saturated carbocycles. The number of hydrogen-bond acceptors (Lipinski definition) is 4. The lowest BCUT2D eigenvalue weighted by atomic mass is 10.0. The minimum absolute atomic E-state index is 0.0976. The first kappa shape index (κ1) is 20.5. The van der Waals surface area contributed by atoms with Crippen molar-refractivity contribution in [3.8, 4) is 22.6 Å². The Morgan fingerprint density at radius 3 is 2.68 bits per heavy atom. The third-order valence-electron chi connectivity index (χ3n) is 4.82. The lowest BCUT2D eigenvalue weighted by molar-refractivity contribution is -0.137. The number of carbonyl (C=O) groups is 1. The number of carboxylic acids is 1. The maximum atomic E-state index is 14.6. The highest BCUT2D eigenvalue weighted by atomic mass is 32.2. The zero-order chi connectivity index (χ0) is 19.9. The first-order valence-corrected chi connectivity index (χ1v) is 10.5. The van der Waals surface area contributed by atoms with Crippen LogP contribution in [0, 0.1) is 5.82 Å². The average Bonchev–Trinajstić information content (AvgIpc) is 3.19. The summed E-state index contributed by atoms with van der Waals surface area (Å²) >= 11 is 1.34. The van der Waals surface area contributed by atoms with Crippen LogP contribution in [0.5, 0.6) is 11.5 Å². The summed E-state index contributed by atoms with van der Waals surface area (Å²) in [6, 6.07) is 10.8. The van der Waals surface area contributed by atoms with Crippen LogP contribution in [0.25, 0.3) is 11.1 Å². The van der Waals surface area contributed by atoms with Crippen LogP contribution in [-0.2, 0) is 4.79 Å². The summed E-state index contributed by atoms with van der Waals surface area (Å²) in [6.45, 7) is 0. The number of thioether (sulfide) groups is 1. The number of benzene rings is 2. The standard InChI is InChI=1S/C22H25FO4S/c1-26-17-9-10-18(20(14-17)27-16-5-2-3-6-16)15-8-11-21(19(23)13-15)28-12-4-7-22(24)25/h8-11,13-14,16H,2-7,12H2,1H3,(H,24,25). The predicted octanol–water partition coefficient (Wildman–Crippen LogP) is 5.78. The van der Waals surface area contributed by atoms with Crippen molar-refractivity contribution in [2.24, 2.45) is 0 Å². The second kappa shape index (κ2) is 9.82. The molecule has 4 nitrogen and oxygen atoms in total. The average molecular weight is 405 g/mol. The Labute approximate surface area is 169 Å². The minimum Gasteiger partial charge on any atom is -0.497 e. The van der Waals surface area contributed by atoms with Crippen LogP contribution in [0.2, 0.25) is 0 Å². The number of hydrogen-bond donors (Lipinski definition) is 1. The van der Waals surface area contributed by atoms with E-state index in [0.29, 0.717) is 28.6 Å². The van der Waals surface area contributed by atoms with Crippen LogP contribution in [0.3, 0.4) is 0 Å². The molecule has 3 rings (SSSR count). The molecular formula is C22H25FO4S. The molecule has 1 aliphatic rings. The van der Waals surface area contributed by atoms with Crippen LogP contribution in [0.1, 0.15) is 38.5 Å². The summed E-state index contributed by atoms with van der Waals surface area (Å²) in [5.74, 6) is 0.864. The number of ether oxygens (including phenoxy) is 2. The third kappa shape index (κ3) is 5.41. The molecular weight excluding hydrogens is 379 g/mol. The Morgan fingerprint density at radius 2 is 2.00 bits per heavy atom. The van der Waals surface area contributed by atoms with E-state index in [9.17, 15) is 9.18 Å². The smallest absolute Gasteiger partial charge is 0.303 e. The Bertz CT molecular complexity index is 818. The lowest BCUT2D eigenvalue weighted by Crippen LogP contribution is -2.11. The quantitative estimate of drug-likeness (QED) is 0.424. The fourth-order valence-corrected chi connectivity index (χ4v) is 4.21. The normalized spacial score (nSPS) is 14.2. The van der Waals surface area contributed by atoms with E-state index in [1.807, 2.05) is 24.3 Å². The molecule has 0 bridgehead atoms. The van der Waals surface area contributed by atoms with E-state index in [0.717, 1.165) is 24.0 Å². The zero-order valence-corrected chi connectivity index (χ0v) is 16.8. The molecule has 1 aliphatic carbocycles. The molecule has 28 heavy (non-hydrogen) atoms. The van der Waals surface area contributed by atoms with Gasteiger partial charge in [-0.05, 0) is 67.7 Å². The van der Waals surface area contributed by atoms with Gasteiger partial charge >= 0.3 is 5.97 Å². The molecule has 6 heteroatoms. The van der Waals surface area contributed by atoms with E-state index in [2.05, 4.69) is 0 Å². The SMILES string of the molecule is COc1ccc(-c2ccc(SCCCC(=O)O)c(F)c2)c(OC2CCCC2)c1. The topological polar surface area (TPSA) is 55.8 Å². The van der Waals surface area contributed by atoms with Gasteiger partial charge in [0.25, 0.3) is 0 Å². The van der Waals surface area contributed by atoms with E-state index < -0.39 is 5.97 Å². The van der Waals surface area contributed by atoms with Gasteiger partial charge in [-0.3, -0.25) is 4.79 Å². The van der Waals surface area contributed by atoms with E-state index in [4.69, 9.17) is 14.6 Å². The molecule has 0 unspecified atom stereocenters. The van der Waals surface area contributed by atoms with Crippen molar-refractivity contribution in [2.45, 2.75) is 49.5 Å². The highest BCUT2D eigenvalue weighted by Crippen LogP contribution is 2.37. The maximum Gasteiger partial charge on any atom is 0.303 e. The summed E-state index contributed by atoms with van der Waals surface area (Å²) in [4.78, 5) is 11.1. The van der Waals surface area contributed by atoms with Crippen LogP contribution in [-0.4, -0.2) is 30.0 Å². The number of carboxylic acid groups (broad SMARTS) is 1. The molecule has 0 saturated heterocycles. The summed E-state index contributed by atoms with van der Waals surface area (Å²) in [5.41, 5.74) is 1.59. The number of methoxy groups -OCH3 is 1.